The Labute approximate surface area is 153 Å². The first-order valence-electron chi connectivity index (χ1n) is 8.36. The first-order valence-corrected chi connectivity index (χ1v) is 8.36. The molecule has 0 amide bonds. The second-order valence-corrected chi connectivity index (χ2v) is 6.00. The Morgan fingerprint density at radius 2 is 1.46 bits per heavy atom. The Morgan fingerprint density at radius 1 is 0.769 bits per heavy atom. The monoisotopic (exact) mass is 354 g/mol. The quantitative estimate of drug-likeness (QED) is 0.637. The molecule has 5 nitrogen and oxygen atoms in total. The number of hydrogen-bond acceptors (Lipinski definition) is 4. The largest absolute Gasteiger partial charge is 0.497 e. The van der Waals surface area contributed by atoms with Crippen LogP contribution < -0.4 is 23.5 Å². The molecule has 5 heteroatoms. The van der Waals surface area contributed by atoms with Crippen molar-refractivity contribution in [1.29, 1.82) is 0 Å². The van der Waals surface area contributed by atoms with Crippen molar-refractivity contribution in [3.8, 4) is 23.0 Å². The van der Waals surface area contributed by atoms with Crippen LogP contribution in [0.15, 0.2) is 42.6 Å². The molecule has 136 valence electrons. The zero-order valence-corrected chi connectivity index (χ0v) is 15.8. The second kappa shape index (κ2) is 7.52. The Bertz CT molecular complexity index is 920. The summed E-state index contributed by atoms with van der Waals surface area (Å²) in [5.41, 5.74) is 2.36. The van der Waals surface area contributed by atoms with Gasteiger partial charge in [-0.25, -0.2) is 4.57 Å². The fourth-order valence-electron chi connectivity index (χ4n) is 3.21. The first kappa shape index (κ1) is 17.9. The number of pyridine rings is 1. The highest BCUT2D eigenvalue weighted by Gasteiger charge is 2.22. The van der Waals surface area contributed by atoms with Gasteiger partial charge in [-0.3, -0.25) is 0 Å². The molecule has 0 aliphatic heterocycles. The van der Waals surface area contributed by atoms with Gasteiger partial charge in [0, 0.05) is 11.5 Å². The van der Waals surface area contributed by atoms with Gasteiger partial charge in [-0.2, -0.15) is 0 Å². The van der Waals surface area contributed by atoms with Crippen molar-refractivity contribution in [2.45, 2.75) is 6.42 Å². The third kappa shape index (κ3) is 3.12. The van der Waals surface area contributed by atoms with Gasteiger partial charge in [-0.15, -0.1) is 0 Å². The van der Waals surface area contributed by atoms with Crippen LogP contribution in [0.3, 0.4) is 0 Å². The van der Waals surface area contributed by atoms with Crippen molar-refractivity contribution in [1.82, 2.24) is 0 Å². The fraction of sp³-hybridized carbons (Fsp3) is 0.286. The van der Waals surface area contributed by atoms with Gasteiger partial charge in [0.15, 0.2) is 23.4 Å². The van der Waals surface area contributed by atoms with E-state index < -0.39 is 0 Å². The number of methoxy groups -OCH3 is 4. The molecular formula is C21H24NO4+. The number of rotatable bonds is 6. The Kier molecular flexibility index (Phi) is 5.16. The molecule has 2 aromatic carbocycles. The van der Waals surface area contributed by atoms with Crippen molar-refractivity contribution >= 4 is 10.8 Å². The topological polar surface area (TPSA) is 40.8 Å². The van der Waals surface area contributed by atoms with Gasteiger partial charge in [0.25, 0.3) is 0 Å². The van der Waals surface area contributed by atoms with Crippen LogP contribution >= 0.6 is 0 Å². The summed E-state index contributed by atoms with van der Waals surface area (Å²) < 4.78 is 24.0. The number of ether oxygens (including phenoxy) is 4. The summed E-state index contributed by atoms with van der Waals surface area (Å²) in [6.07, 6.45) is 2.81. The van der Waals surface area contributed by atoms with E-state index in [1.165, 1.54) is 5.56 Å². The molecule has 0 unspecified atom stereocenters. The van der Waals surface area contributed by atoms with Crippen molar-refractivity contribution < 1.29 is 23.5 Å². The van der Waals surface area contributed by atoms with Crippen LogP contribution in [0.2, 0.25) is 0 Å². The summed E-state index contributed by atoms with van der Waals surface area (Å²) in [4.78, 5) is 0. The van der Waals surface area contributed by atoms with E-state index in [1.54, 1.807) is 28.4 Å². The number of fused-ring (bicyclic) bond motifs is 1. The predicted octanol–water partition coefficient (Wildman–Crippen LogP) is 3.29. The minimum absolute atomic E-state index is 0.603. The van der Waals surface area contributed by atoms with Gasteiger partial charge in [0.1, 0.15) is 12.8 Å². The number of aryl methyl sites for hydroxylation is 1. The van der Waals surface area contributed by atoms with E-state index >= 15 is 0 Å². The lowest BCUT2D eigenvalue weighted by atomic mass is 10.0. The summed E-state index contributed by atoms with van der Waals surface area (Å²) >= 11 is 0. The number of aromatic nitrogens is 1. The van der Waals surface area contributed by atoms with Crippen LogP contribution in [-0.2, 0) is 13.5 Å². The number of benzene rings is 2. The highest BCUT2D eigenvalue weighted by molar-refractivity contribution is 5.94. The number of hydrogen-bond donors (Lipinski definition) is 0. The minimum Gasteiger partial charge on any atom is -0.497 e. The molecule has 0 saturated heterocycles. The molecule has 0 saturated carbocycles. The SMILES string of the molecule is COc1ccc(Cc2c3cc(OC)c(OC)c(OC)c3cc[n+]2C)cc1. The molecule has 26 heavy (non-hydrogen) atoms. The average molecular weight is 354 g/mol. The van der Waals surface area contributed by atoms with E-state index in [0.717, 1.165) is 28.6 Å². The lowest BCUT2D eigenvalue weighted by Crippen LogP contribution is -2.33. The molecular weight excluding hydrogens is 330 g/mol. The summed E-state index contributed by atoms with van der Waals surface area (Å²) in [5, 5.41) is 2.06. The van der Waals surface area contributed by atoms with Crippen LogP contribution in [0, 0.1) is 0 Å². The number of nitrogens with zero attached hydrogens (tertiary/aromatic N) is 1. The lowest BCUT2D eigenvalue weighted by Gasteiger charge is -2.15. The summed E-state index contributed by atoms with van der Waals surface area (Å²) in [7, 11) is 8.61. The van der Waals surface area contributed by atoms with E-state index in [-0.39, 0.29) is 0 Å². The molecule has 0 spiro atoms. The average Bonchev–Trinajstić information content (AvgIpc) is 2.68. The van der Waals surface area contributed by atoms with Gasteiger partial charge in [0.05, 0.1) is 40.2 Å². The summed E-state index contributed by atoms with van der Waals surface area (Å²) in [6, 6.07) is 12.2. The molecule has 0 fully saturated rings. The van der Waals surface area contributed by atoms with Gasteiger partial charge < -0.3 is 18.9 Å². The van der Waals surface area contributed by atoms with E-state index in [9.17, 15) is 0 Å². The third-order valence-electron chi connectivity index (χ3n) is 4.60. The van der Waals surface area contributed by atoms with E-state index in [4.69, 9.17) is 18.9 Å². The highest BCUT2D eigenvalue weighted by atomic mass is 16.5. The predicted molar refractivity (Wildman–Crippen MR) is 101 cm³/mol. The third-order valence-corrected chi connectivity index (χ3v) is 4.60. The first-order chi connectivity index (χ1) is 12.6. The molecule has 0 aliphatic rings. The van der Waals surface area contributed by atoms with E-state index in [1.807, 2.05) is 37.5 Å². The van der Waals surface area contributed by atoms with Gasteiger partial charge >= 0.3 is 0 Å². The maximum atomic E-state index is 5.64. The molecule has 0 bridgehead atoms. The summed E-state index contributed by atoms with van der Waals surface area (Å²) in [5.74, 6) is 2.79. The van der Waals surface area contributed by atoms with Crippen molar-refractivity contribution in [2.24, 2.45) is 7.05 Å². The maximum Gasteiger partial charge on any atom is 0.203 e. The normalized spacial score (nSPS) is 10.7. The van der Waals surface area contributed by atoms with Crippen LogP contribution in [-0.4, -0.2) is 28.4 Å². The van der Waals surface area contributed by atoms with Crippen LogP contribution in [0.1, 0.15) is 11.3 Å². The zero-order chi connectivity index (χ0) is 18.7. The van der Waals surface area contributed by atoms with E-state index in [0.29, 0.717) is 17.2 Å². The van der Waals surface area contributed by atoms with E-state index in [2.05, 4.69) is 16.7 Å². The Morgan fingerprint density at radius 3 is 2.04 bits per heavy atom. The molecule has 0 aliphatic carbocycles. The van der Waals surface area contributed by atoms with Crippen LogP contribution in [0.25, 0.3) is 10.8 Å². The summed E-state index contributed by atoms with van der Waals surface area (Å²) in [6.45, 7) is 0. The van der Waals surface area contributed by atoms with Gasteiger partial charge in [-0.1, -0.05) is 12.1 Å². The molecule has 3 rings (SSSR count). The Hall–Kier alpha value is -2.95. The lowest BCUT2D eigenvalue weighted by molar-refractivity contribution is -0.677. The maximum absolute atomic E-state index is 5.64. The van der Waals surface area contributed by atoms with Gasteiger partial charge in [0.2, 0.25) is 5.75 Å². The second-order valence-electron chi connectivity index (χ2n) is 6.00. The minimum atomic E-state index is 0.603. The smallest absolute Gasteiger partial charge is 0.203 e. The van der Waals surface area contributed by atoms with Crippen LogP contribution in [0.4, 0.5) is 0 Å². The molecule has 0 N–H and O–H groups in total. The van der Waals surface area contributed by atoms with Crippen molar-refractivity contribution in [3.63, 3.8) is 0 Å². The fourth-order valence-corrected chi connectivity index (χ4v) is 3.21. The van der Waals surface area contributed by atoms with Crippen molar-refractivity contribution in [3.05, 3.63) is 53.9 Å². The molecule has 3 aromatic rings. The Balaban J connectivity index is 2.18. The highest BCUT2D eigenvalue weighted by Crippen LogP contribution is 2.43. The van der Waals surface area contributed by atoms with Crippen LogP contribution in [0.5, 0.6) is 23.0 Å². The standard InChI is InChI=1S/C21H24NO4/c1-22-11-10-16-17(13-19(24-3)21(26-5)20(16)25-4)18(22)12-14-6-8-15(23-2)9-7-14/h6-11,13H,12H2,1-5H3/q+1. The zero-order valence-electron chi connectivity index (χ0n) is 15.8. The molecule has 1 heterocycles. The molecule has 1 aromatic heterocycles. The van der Waals surface area contributed by atoms with Gasteiger partial charge in [-0.05, 0) is 23.8 Å². The molecule has 0 radical (unpaired) electrons. The van der Waals surface area contributed by atoms with Crippen molar-refractivity contribution in [2.75, 3.05) is 28.4 Å². The molecule has 0 atom stereocenters.